The van der Waals surface area contributed by atoms with Crippen LogP contribution in [0.15, 0.2) is 66.9 Å². The number of carbonyl (C=O) groups is 2. The molecule has 3 aliphatic rings. The van der Waals surface area contributed by atoms with Crippen molar-refractivity contribution in [2.75, 3.05) is 21.7 Å². The van der Waals surface area contributed by atoms with Crippen LogP contribution in [-0.4, -0.2) is 29.4 Å². The van der Waals surface area contributed by atoms with E-state index in [4.69, 9.17) is 0 Å². The van der Waals surface area contributed by atoms with E-state index in [1.807, 2.05) is 29.2 Å². The highest BCUT2D eigenvalue weighted by Crippen LogP contribution is 2.55. The summed E-state index contributed by atoms with van der Waals surface area (Å²) < 4.78 is 28.3. The topological polar surface area (TPSA) is 65.5 Å². The summed E-state index contributed by atoms with van der Waals surface area (Å²) in [6, 6.07) is 15.0. The number of pyridine rings is 1. The number of carbonyl (C=O) groups excluding carboxylic acids is 2. The molecule has 2 aromatic carbocycles. The Balaban J connectivity index is 1.36. The van der Waals surface area contributed by atoms with Gasteiger partial charge in [-0.25, -0.2) is 13.8 Å². The molecular formula is C27H24F2N4O2. The van der Waals surface area contributed by atoms with Gasteiger partial charge >= 0.3 is 0 Å². The van der Waals surface area contributed by atoms with Gasteiger partial charge in [0.05, 0.1) is 6.54 Å². The fourth-order valence-corrected chi connectivity index (χ4v) is 5.66. The number of halogens is 2. The number of benzene rings is 2. The lowest BCUT2D eigenvalue weighted by Gasteiger charge is -2.31. The van der Waals surface area contributed by atoms with E-state index < -0.39 is 23.6 Å². The van der Waals surface area contributed by atoms with Gasteiger partial charge in [0.2, 0.25) is 5.91 Å². The zero-order chi connectivity index (χ0) is 24.1. The summed E-state index contributed by atoms with van der Waals surface area (Å²) in [4.78, 5) is 34.6. The summed E-state index contributed by atoms with van der Waals surface area (Å²) in [7, 11) is 0. The highest BCUT2D eigenvalue weighted by Gasteiger charge is 2.52. The predicted octanol–water partition coefficient (Wildman–Crippen LogP) is 4.69. The second kappa shape index (κ2) is 8.45. The minimum absolute atomic E-state index is 0.0648. The van der Waals surface area contributed by atoms with Crippen molar-refractivity contribution in [3.05, 3.63) is 84.1 Å². The number of anilines is 3. The van der Waals surface area contributed by atoms with Crippen molar-refractivity contribution in [3.63, 3.8) is 0 Å². The van der Waals surface area contributed by atoms with Crippen molar-refractivity contribution < 1.29 is 18.4 Å². The number of amides is 2. The highest BCUT2D eigenvalue weighted by molar-refractivity contribution is 6.12. The average Bonchev–Trinajstić information content (AvgIpc) is 3.35. The summed E-state index contributed by atoms with van der Waals surface area (Å²) in [6.07, 6.45) is 4.58. The molecule has 6 rings (SSSR count). The lowest BCUT2D eigenvalue weighted by molar-refractivity contribution is -0.124. The first kappa shape index (κ1) is 21.7. The molecule has 3 aromatic rings. The van der Waals surface area contributed by atoms with Crippen LogP contribution in [0.5, 0.6) is 0 Å². The molecule has 6 nitrogen and oxygen atoms in total. The molecule has 1 N–H and O–H groups in total. The molecule has 2 amide bonds. The maximum Gasteiger partial charge on any atom is 0.255 e. The number of hydrogen-bond acceptors (Lipinski definition) is 4. The Bertz CT molecular complexity index is 1310. The second-order valence-corrected chi connectivity index (χ2v) is 9.48. The molecule has 2 aliphatic carbocycles. The number of para-hydroxylation sites is 1. The van der Waals surface area contributed by atoms with Crippen LogP contribution in [0.1, 0.15) is 30.9 Å². The fourth-order valence-electron chi connectivity index (χ4n) is 5.66. The first-order valence-corrected chi connectivity index (χ1v) is 11.9. The van der Waals surface area contributed by atoms with Crippen molar-refractivity contribution in [1.29, 1.82) is 0 Å². The third kappa shape index (κ3) is 3.83. The van der Waals surface area contributed by atoms with Gasteiger partial charge in [-0.15, -0.1) is 0 Å². The molecule has 8 heteroatoms. The predicted molar refractivity (Wildman–Crippen MR) is 128 cm³/mol. The molecule has 0 saturated heterocycles. The Hall–Kier alpha value is -3.81. The van der Waals surface area contributed by atoms with Gasteiger partial charge in [-0.2, -0.15) is 0 Å². The van der Waals surface area contributed by atoms with Crippen LogP contribution in [0.2, 0.25) is 0 Å². The smallest absolute Gasteiger partial charge is 0.255 e. The number of aromatic nitrogens is 1. The summed E-state index contributed by atoms with van der Waals surface area (Å²) in [5.41, 5.74) is 1.77. The van der Waals surface area contributed by atoms with Gasteiger partial charge in [0.1, 0.15) is 11.9 Å². The monoisotopic (exact) mass is 474 g/mol. The van der Waals surface area contributed by atoms with Gasteiger partial charge in [0.15, 0.2) is 11.6 Å². The second-order valence-electron chi connectivity index (χ2n) is 9.48. The Morgan fingerprint density at radius 2 is 1.83 bits per heavy atom. The zero-order valence-electron chi connectivity index (χ0n) is 18.9. The van der Waals surface area contributed by atoms with Crippen molar-refractivity contribution in [2.24, 2.45) is 11.8 Å². The third-order valence-electron chi connectivity index (χ3n) is 7.32. The van der Waals surface area contributed by atoms with Gasteiger partial charge < -0.3 is 10.2 Å². The Kier molecular flexibility index (Phi) is 5.24. The first-order chi connectivity index (χ1) is 17.0. The molecule has 2 heterocycles. The van der Waals surface area contributed by atoms with E-state index in [9.17, 15) is 18.4 Å². The van der Waals surface area contributed by atoms with Crippen LogP contribution in [0.25, 0.3) is 0 Å². The summed E-state index contributed by atoms with van der Waals surface area (Å²) in [5, 5.41) is 2.72. The van der Waals surface area contributed by atoms with Gasteiger partial charge in [-0.1, -0.05) is 24.3 Å². The van der Waals surface area contributed by atoms with E-state index in [0.717, 1.165) is 18.5 Å². The minimum atomic E-state index is -0.937. The minimum Gasteiger partial charge on any atom is -0.359 e. The van der Waals surface area contributed by atoms with Gasteiger partial charge in [0, 0.05) is 29.2 Å². The summed E-state index contributed by atoms with van der Waals surface area (Å²) in [6.45, 7) is -0.316. The Morgan fingerprint density at radius 3 is 2.60 bits per heavy atom. The molecule has 0 spiro atoms. The molecule has 3 atom stereocenters. The van der Waals surface area contributed by atoms with Gasteiger partial charge in [-0.05, 0) is 67.5 Å². The van der Waals surface area contributed by atoms with Crippen molar-refractivity contribution in [2.45, 2.75) is 31.3 Å². The highest BCUT2D eigenvalue weighted by atomic mass is 19.1. The molecular weight excluding hydrogens is 450 g/mol. The van der Waals surface area contributed by atoms with E-state index in [1.54, 1.807) is 6.07 Å². The molecule has 178 valence electrons. The quantitative estimate of drug-likeness (QED) is 0.563. The summed E-state index contributed by atoms with van der Waals surface area (Å²) >= 11 is 0. The van der Waals surface area contributed by atoms with Crippen LogP contribution < -0.4 is 15.1 Å². The zero-order valence-corrected chi connectivity index (χ0v) is 18.9. The normalized spacial score (nSPS) is 24.2. The van der Waals surface area contributed by atoms with Crippen LogP contribution in [-0.2, 0) is 9.59 Å². The Labute approximate surface area is 201 Å². The van der Waals surface area contributed by atoms with E-state index in [1.165, 1.54) is 47.8 Å². The molecule has 2 fully saturated rings. The van der Waals surface area contributed by atoms with E-state index in [2.05, 4.69) is 10.3 Å². The number of nitrogens with zero attached hydrogens (tertiary/aromatic N) is 3. The number of hydrogen-bond donors (Lipinski definition) is 1. The molecule has 35 heavy (non-hydrogen) atoms. The SMILES string of the molecule is O=C1C(N(C(=O)CNc2ncccc2F)c2cccc(F)c2)c2ccccc2N1C1CC2CC2C1. The Morgan fingerprint density at radius 1 is 1.03 bits per heavy atom. The van der Waals surface area contributed by atoms with E-state index >= 15 is 0 Å². The molecule has 0 radical (unpaired) electrons. The van der Waals surface area contributed by atoms with Crippen molar-refractivity contribution >= 4 is 29.0 Å². The third-order valence-corrected chi connectivity index (χ3v) is 7.32. The van der Waals surface area contributed by atoms with Crippen LogP contribution in [0.4, 0.5) is 26.0 Å². The number of fused-ring (bicyclic) bond motifs is 2. The van der Waals surface area contributed by atoms with E-state index in [-0.39, 0.29) is 30.0 Å². The van der Waals surface area contributed by atoms with E-state index in [0.29, 0.717) is 17.4 Å². The van der Waals surface area contributed by atoms with Crippen LogP contribution in [0.3, 0.4) is 0 Å². The molecule has 1 aliphatic heterocycles. The number of rotatable bonds is 6. The average molecular weight is 475 g/mol. The molecule has 0 bridgehead atoms. The lowest BCUT2D eigenvalue weighted by Crippen LogP contribution is -2.46. The molecule has 1 aromatic heterocycles. The van der Waals surface area contributed by atoms with Gasteiger partial charge in [-0.3, -0.25) is 14.5 Å². The maximum absolute atomic E-state index is 14.2. The molecule has 3 unspecified atom stereocenters. The fraction of sp³-hybridized carbons (Fsp3) is 0.296. The van der Waals surface area contributed by atoms with Crippen LogP contribution >= 0.6 is 0 Å². The molecule has 2 saturated carbocycles. The number of nitrogens with one attached hydrogen (secondary N) is 1. The van der Waals surface area contributed by atoms with Crippen molar-refractivity contribution in [1.82, 2.24) is 4.98 Å². The first-order valence-electron chi connectivity index (χ1n) is 11.9. The van der Waals surface area contributed by atoms with Crippen LogP contribution in [0, 0.1) is 23.5 Å². The van der Waals surface area contributed by atoms with Crippen molar-refractivity contribution in [3.8, 4) is 0 Å². The van der Waals surface area contributed by atoms with Gasteiger partial charge in [0.25, 0.3) is 5.91 Å². The maximum atomic E-state index is 14.2. The largest absolute Gasteiger partial charge is 0.359 e. The lowest BCUT2D eigenvalue weighted by atomic mass is 10.1. The standard InChI is InChI=1S/C27H24F2N4O2/c28-18-5-3-6-19(14-18)33(24(34)15-31-26-22(29)8-4-10-30-26)25-21-7-1-2-9-23(21)32(27(25)35)20-12-16-11-17(16)13-20/h1-10,14,16-17,20,25H,11-13,15H2,(H,30,31). The summed E-state index contributed by atoms with van der Waals surface area (Å²) in [5.74, 6) is -0.509.